The van der Waals surface area contributed by atoms with E-state index in [1.54, 1.807) is 5.57 Å². The fourth-order valence-electron chi connectivity index (χ4n) is 2.07. The van der Waals surface area contributed by atoms with Crippen LogP contribution in [-0.2, 0) is 0 Å². The molecule has 0 spiro atoms. The van der Waals surface area contributed by atoms with Gasteiger partial charge in [-0.25, -0.2) is 0 Å². The van der Waals surface area contributed by atoms with Crippen LogP contribution in [0.4, 0.5) is 0 Å². The van der Waals surface area contributed by atoms with Gasteiger partial charge in [0.15, 0.2) is 0 Å². The van der Waals surface area contributed by atoms with E-state index in [1.807, 2.05) is 6.08 Å². The van der Waals surface area contributed by atoms with Gasteiger partial charge < -0.3 is 0 Å². The number of rotatable bonds is 10. The van der Waals surface area contributed by atoms with Crippen molar-refractivity contribution in [3.05, 3.63) is 47.6 Å². The zero-order valence-electron chi connectivity index (χ0n) is 14.3. The van der Waals surface area contributed by atoms with Gasteiger partial charge in [-0.1, -0.05) is 67.9 Å². The molecule has 0 atom stereocenters. The van der Waals surface area contributed by atoms with E-state index in [-0.39, 0.29) is 0 Å². The fraction of sp³-hybridized carbons (Fsp3) is 0.600. The molecule has 114 valence electrons. The molecule has 0 aliphatic heterocycles. The smallest absolute Gasteiger partial charge is 0.0161 e. The molecule has 0 aromatic heterocycles. The molecule has 0 fully saturated rings. The van der Waals surface area contributed by atoms with Crippen molar-refractivity contribution in [2.24, 2.45) is 5.92 Å². The molecule has 0 amide bonds. The predicted molar refractivity (Wildman–Crippen MR) is 94.0 cm³/mol. The summed E-state index contributed by atoms with van der Waals surface area (Å²) in [5, 5.41) is 0. The van der Waals surface area contributed by atoms with Crippen LogP contribution in [0.2, 0.25) is 0 Å². The van der Waals surface area contributed by atoms with Gasteiger partial charge in [0.1, 0.15) is 0 Å². The lowest BCUT2D eigenvalue weighted by Crippen LogP contribution is -1.87. The number of allylic oxidation sites excluding steroid dienone is 7. The van der Waals surface area contributed by atoms with Gasteiger partial charge in [-0.3, -0.25) is 0 Å². The first kappa shape index (κ1) is 19.0. The highest BCUT2D eigenvalue weighted by Crippen LogP contribution is 2.14. The highest BCUT2D eigenvalue weighted by Gasteiger charge is 1.95. The van der Waals surface area contributed by atoms with Gasteiger partial charge in [0, 0.05) is 0 Å². The Kier molecular flexibility index (Phi) is 11.1. The minimum atomic E-state index is 0.833. The first-order valence-corrected chi connectivity index (χ1v) is 8.06. The standard InChI is InChI=1S/C20H34/c1-7-18(4)12-9-14-20(6)16-10-15-19(5)13-8-11-17(2)3/h7,12,14-15,17H,1,8-11,13,16H2,2-6H3/b18-12+,19-15+,20-14+. The van der Waals surface area contributed by atoms with Crippen LogP contribution in [0.5, 0.6) is 0 Å². The van der Waals surface area contributed by atoms with Crippen molar-refractivity contribution < 1.29 is 0 Å². The molecule has 0 radical (unpaired) electrons. The lowest BCUT2D eigenvalue weighted by atomic mass is 10.0. The van der Waals surface area contributed by atoms with E-state index >= 15 is 0 Å². The predicted octanol–water partition coefficient (Wildman–Crippen LogP) is 7.01. The zero-order chi connectivity index (χ0) is 15.4. The monoisotopic (exact) mass is 274 g/mol. The Balaban J connectivity index is 3.91. The van der Waals surface area contributed by atoms with Crippen molar-refractivity contribution in [1.82, 2.24) is 0 Å². The van der Waals surface area contributed by atoms with E-state index in [0.29, 0.717) is 0 Å². The SMILES string of the molecule is C=C/C(C)=C/C/C=C(\C)CC/C=C(\C)CCCC(C)C. The second-order valence-electron chi connectivity index (χ2n) is 6.31. The van der Waals surface area contributed by atoms with Crippen molar-refractivity contribution in [3.8, 4) is 0 Å². The van der Waals surface area contributed by atoms with Crippen molar-refractivity contribution in [1.29, 1.82) is 0 Å². The maximum Gasteiger partial charge on any atom is -0.0161 e. The quantitative estimate of drug-likeness (QED) is 0.297. The van der Waals surface area contributed by atoms with Crippen LogP contribution in [0, 0.1) is 5.92 Å². The Hall–Kier alpha value is -1.04. The molecule has 0 aliphatic rings. The fourth-order valence-corrected chi connectivity index (χ4v) is 2.07. The van der Waals surface area contributed by atoms with Gasteiger partial charge in [-0.2, -0.15) is 0 Å². The van der Waals surface area contributed by atoms with Gasteiger partial charge in [0.2, 0.25) is 0 Å². The van der Waals surface area contributed by atoms with E-state index in [9.17, 15) is 0 Å². The molecule has 0 unspecified atom stereocenters. The molecule has 0 aromatic carbocycles. The number of hydrogen-bond acceptors (Lipinski definition) is 0. The Bertz CT molecular complexity index is 350. The topological polar surface area (TPSA) is 0 Å². The third-order valence-corrected chi connectivity index (χ3v) is 3.61. The molecule has 0 heterocycles. The Morgan fingerprint density at radius 2 is 1.60 bits per heavy atom. The highest BCUT2D eigenvalue weighted by atomic mass is 14.0. The van der Waals surface area contributed by atoms with E-state index in [4.69, 9.17) is 0 Å². The zero-order valence-corrected chi connectivity index (χ0v) is 14.3. The number of hydrogen-bond donors (Lipinski definition) is 0. The van der Waals surface area contributed by atoms with Crippen LogP contribution in [-0.4, -0.2) is 0 Å². The highest BCUT2D eigenvalue weighted by molar-refractivity contribution is 5.15. The lowest BCUT2D eigenvalue weighted by Gasteiger charge is -2.05. The third-order valence-electron chi connectivity index (χ3n) is 3.61. The molecule has 0 rings (SSSR count). The van der Waals surface area contributed by atoms with Crippen LogP contribution in [0.25, 0.3) is 0 Å². The van der Waals surface area contributed by atoms with Crippen molar-refractivity contribution in [2.75, 3.05) is 0 Å². The molecule has 0 nitrogen and oxygen atoms in total. The summed E-state index contributed by atoms with van der Waals surface area (Å²) in [6.07, 6.45) is 16.2. The lowest BCUT2D eigenvalue weighted by molar-refractivity contribution is 0.554. The summed E-state index contributed by atoms with van der Waals surface area (Å²) in [5.74, 6) is 0.833. The van der Waals surface area contributed by atoms with Gasteiger partial charge in [-0.15, -0.1) is 0 Å². The molecular weight excluding hydrogens is 240 g/mol. The van der Waals surface area contributed by atoms with E-state index < -0.39 is 0 Å². The average Bonchev–Trinajstić information content (AvgIpc) is 2.38. The normalized spacial score (nSPS) is 14.0. The molecule has 0 N–H and O–H groups in total. The van der Waals surface area contributed by atoms with Gasteiger partial charge in [0.25, 0.3) is 0 Å². The Morgan fingerprint density at radius 1 is 0.950 bits per heavy atom. The van der Waals surface area contributed by atoms with Crippen molar-refractivity contribution >= 4 is 0 Å². The van der Waals surface area contributed by atoms with Crippen LogP contribution in [0.15, 0.2) is 47.6 Å². The molecular formula is C20H34. The Morgan fingerprint density at radius 3 is 2.20 bits per heavy atom. The second-order valence-corrected chi connectivity index (χ2v) is 6.31. The summed E-state index contributed by atoms with van der Waals surface area (Å²) >= 11 is 0. The maximum atomic E-state index is 3.77. The van der Waals surface area contributed by atoms with E-state index in [1.165, 1.54) is 43.3 Å². The summed E-state index contributed by atoms with van der Waals surface area (Å²) < 4.78 is 0. The van der Waals surface area contributed by atoms with Gasteiger partial charge in [-0.05, 0) is 58.8 Å². The first-order valence-electron chi connectivity index (χ1n) is 8.06. The molecule has 0 aliphatic carbocycles. The summed E-state index contributed by atoms with van der Waals surface area (Å²) in [7, 11) is 0. The first-order chi connectivity index (χ1) is 9.45. The largest absolute Gasteiger partial charge is 0.0988 e. The minimum absolute atomic E-state index is 0.833. The second kappa shape index (κ2) is 11.8. The molecule has 0 saturated heterocycles. The molecule has 0 bridgehead atoms. The van der Waals surface area contributed by atoms with E-state index in [0.717, 1.165) is 12.3 Å². The van der Waals surface area contributed by atoms with Crippen LogP contribution < -0.4 is 0 Å². The summed E-state index contributed by atoms with van der Waals surface area (Å²) in [6, 6.07) is 0. The maximum absolute atomic E-state index is 3.77. The molecule has 20 heavy (non-hydrogen) atoms. The Labute approximate surface area is 127 Å². The summed E-state index contributed by atoms with van der Waals surface area (Å²) in [4.78, 5) is 0. The van der Waals surface area contributed by atoms with Gasteiger partial charge in [0.05, 0.1) is 0 Å². The molecule has 0 heteroatoms. The summed E-state index contributed by atoms with van der Waals surface area (Å²) in [6.45, 7) is 15.0. The molecule has 0 aromatic rings. The molecule has 0 saturated carbocycles. The minimum Gasteiger partial charge on any atom is -0.0988 e. The van der Waals surface area contributed by atoms with Crippen LogP contribution in [0.3, 0.4) is 0 Å². The van der Waals surface area contributed by atoms with Crippen molar-refractivity contribution in [3.63, 3.8) is 0 Å². The van der Waals surface area contributed by atoms with Gasteiger partial charge >= 0.3 is 0 Å². The van der Waals surface area contributed by atoms with Crippen LogP contribution >= 0.6 is 0 Å². The summed E-state index contributed by atoms with van der Waals surface area (Å²) in [5.41, 5.74) is 4.31. The van der Waals surface area contributed by atoms with Crippen molar-refractivity contribution in [2.45, 2.75) is 73.1 Å². The third kappa shape index (κ3) is 12.0. The van der Waals surface area contributed by atoms with Crippen LogP contribution in [0.1, 0.15) is 73.1 Å². The van der Waals surface area contributed by atoms with E-state index in [2.05, 4.69) is 59.4 Å². The average molecular weight is 274 g/mol.